The van der Waals surface area contributed by atoms with Crippen molar-refractivity contribution in [2.45, 2.75) is 37.9 Å². The van der Waals surface area contributed by atoms with E-state index in [1.807, 2.05) is 11.3 Å². The third-order valence-corrected chi connectivity index (χ3v) is 4.84. The lowest BCUT2D eigenvalue weighted by molar-refractivity contribution is 0.871. The molecule has 1 aliphatic rings. The Labute approximate surface area is 104 Å². The highest BCUT2D eigenvalue weighted by molar-refractivity contribution is 9.08. The maximum Gasteiger partial charge on any atom is 0.185 e. The fourth-order valence-corrected chi connectivity index (χ4v) is 3.62. The van der Waals surface area contributed by atoms with Crippen molar-refractivity contribution in [1.29, 1.82) is 0 Å². The van der Waals surface area contributed by atoms with Gasteiger partial charge in [-0.2, -0.15) is 0 Å². The first-order valence-corrected chi connectivity index (χ1v) is 7.58. The summed E-state index contributed by atoms with van der Waals surface area (Å²) in [5.41, 5.74) is 1.31. The highest BCUT2D eigenvalue weighted by Gasteiger charge is 2.18. The van der Waals surface area contributed by atoms with Crippen LogP contribution in [0.3, 0.4) is 0 Å². The number of aromatic nitrogens is 1. The summed E-state index contributed by atoms with van der Waals surface area (Å²) in [5, 5.41) is 2.19. The van der Waals surface area contributed by atoms with Crippen molar-refractivity contribution in [1.82, 2.24) is 4.98 Å². The first-order valence-electron chi connectivity index (χ1n) is 5.64. The van der Waals surface area contributed by atoms with Crippen LogP contribution in [0.4, 0.5) is 5.13 Å². The summed E-state index contributed by atoms with van der Waals surface area (Å²) in [6, 6.07) is 0. The van der Waals surface area contributed by atoms with Crippen LogP contribution >= 0.6 is 27.3 Å². The van der Waals surface area contributed by atoms with E-state index in [-0.39, 0.29) is 0 Å². The molecule has 4 heteroatoms. The number of anilines is 1. The van der Waals surface area contributed by atoms with Gasteiger partial charge in [-0.1, -0.05) is 29.3 Å². The molecule has 0 unspecified atom stereocenters. The Morgan fingerprint density at radius 1 is 1.40 bits per heavy atom. The van der Waals surface area contributed by atoms with Gasteiger partial charge in [-0.25, -0.2) is 4.98 Å². The molecule has 84 valence electrons. The molecule has 1 fully saturated rings. The summed E-state index contributed by atoms with van der Waals surface area (Å²) in [4.78, 5) is 8.61. The minimum atomic E-state index is 0.952. The molecule has 0 amide bonds. The zero-order valence-corrected chi connectivity index (χ0v) is 11.5. The largest absolute Gasteiger partial charge is 0.348 e. The van der Waals surface area contributed by atoms with Gasteiger partial charge in [-0.05, 0) is 19.3 Å². The molecular formula is C11H17BrN2S. The van der Waals surface area contributed by atoms with Crippen LogP contribution in [0.25, 0.3) is 0 Å². The van der Waals surface area contributed by atoms with Crippen molar-refractivity contribution in [3.63, 3.8) is 0 Å². The number of hydrogen-bond acceptors (Lipinski definition) is 3. The number of hydrogen-bond donors (Lipinski definition) is 0. The van der Waals surface area contributed by atoms with Gasteiger partial charge in [0.05, 0.1) is 5.69 Å². The van der Waals surface area contributed by atoms with E-state index in [1.54, 1.807) is 0 Å². The zero-order valence-electron chi connectivity index (χ0n) is 9.13. The Kier molecular flexibility index (Phi) is 4.03. The van der Waals surface area contributed by atoms with E-state index in [9.17, 15) is 0 Å². The van der Waals surface area contributed by atoms with Crippen molar-refractivity contribution in [2.24, 2.45) is 0 Å². The third kappa shape index (κ3) is 2.53. The predicted molar refractivity (Wildman–Crippen MR) is 70.2 cm³/mol. The first-order chi connectivity index (χ1) is 7.35. The van der Waals surface area contributed by atoms with Gasteiger partial charge < -0.3 is 4.90 Å². The molecule has 1 saturated heterocycles. The molecule has 1 aromatic heterocycles. The van der Waals surface area contributed by atoms with Gasteiger partial charge in [0.15, 0.2) is 5.13 Å². The Hall–Kier alpha value is -0.0900. The van der Waals surface area contributed by atoms with E-state index in [0.29, 0.717) is 0 Å². The molecule has 15 heavy (non-hydrogen) atoms. The number of alkyl halides is 1. The monoisotopic (exact) mass is 288 g/mol. The summed E-state index contributed by atoms with van der Waals surface area (Å²) < 4.78 is 0. The standard InChI is InChI=1S/C11H17BrN2S/c1-2-5-9-10(8-12)15-11(13-9)14-6-3-4-7-14/h2-8H2,1H3. The highest BCUT2D eigenvalue weighted by atomic mass is 79.9. The number of aryl methyl sites for hydroxylation is 1. The van der Waals surface area contributed by atoms with E-state index < -0.39 is 0 Å². The lowest BCUT2D eigenvalue weighted by Gasteiger charge is -2.12. The minimum absolute atomic E-state index is 0.952. The van der Waals surface area contributed by atoms with E-state index in [0.717, 1.165) is 11.8 Å². The zero-order chi connectivity index (χ0) is 10.7. The molecule has 1 aromatic rings. The molecule has 0 spiro atoms. The summed E-state index contributed by atoms with van der Waals surface area (Å²) in [6.07, 6.45) is 4.95. The van der Waals surface area contributed by atoms with E-state index >= 15 is 0 Å². The molecule has 0 bridgehead atoms. The lowest BCUT2D eigenvalue weighted by atomic mass is 10.2. The average Bonchev–Trinajstić information content (AvgIpc) is 2.84. The van der Waals surface area contributed by atoms with Crippen LogP contribution in [0.15, 0.2) is 0 Å². The van der Waals surface area contributed by atoms with E-state index in [1.165, 1.54) is 48.1 Å². The lowest BCUT2D eigenvalue weighted by Crippen LogP contribution is -2.17. The van der Waals surface area contributed by atoms with Gasteiger partial charge in [0.2, 0.25) is 0 Å². The average molecular weight is 289 g/mol. The molecule has 2 rings (SSSR count). The fraction of sp³-hybridized carbons (Fsp3) is 0.727. The molecule has 2 nitrogen and oxygen atoms in total. The third-order valence-electron chi connectivity index (χ3n) is 2.75. The number of rotatable bonds is 4. The number of halogens is 1. The van der Waals surface area contributed by atoms with Gasteiger partial charge in [0.25, 0.3) is 0 Å². The summed E-state index contributed by atoms with van der Waals surface area (Å²) in [6.45, 7) is 4.61. The van der Waals surface area contributed by atoms with Gasteiger partial charge in [-0.15, -0.1) is 11.3 Å². The maximum absolute atomic E-state index is 4.77. The molecule has 0 aromatic carbocycles. The van der Waals surface area contributed by atoms with Crippen molar-refractivity contribution in [2.75, 3.05) is 18.0 Å². The van der Waals surface area contributed by atoms with Crippen LogP contribution in [0, 0.1) is 0 Å². The molecule has 0 N–H and O–H groups in total. The van der Waals surface area contributed by atoms with Gasteiger partial charge in [0.1, 0.15) is 0 Å². The van der Waals surface area contributed by atoms with Crippen molar-refractivity contribution in [3.8, 4) is 0 Å². The molecule has 0 saturated carbocycles. The van der Waals surface area contributed by atoms with Gasteiger partial charge in [-0.3, -0.25) is 0 Å². The molecule has 0 aliphatic carbocycles. The van der Waals surface area contributed by atoms with E-state index in [2.05, 4.69) is 27.8 Å². The van der Waals surface area contributed by atoms with Crippen LogP contribution < -0.4 is 4.90 Å². The molecule has 0 atom stereocenters. The molecule has 0 radical (unpaired) electrons. The van der Waals surface area contributed by atoms with Crippen molar-refractivity contribution >= 4 is 32.4 Å². The Morgan fingerprint density at radius 3 is 2.73 bits per heavy atom. The molecule has 2 heterocycles. The summed E-state index contributed by atoms with van der Waals surface area (Å²) in [5.74, 6) is 0. The van der Waals surface area contributed by atoms with Crippen molar-refractivity contribution in [3.05, 3.63) is 10.6 Å². The van der Waals surface area contributed by atoms with Crippen LogP contribution in [0.2, 0.25) is 0 Å². The van der Waals surface area contributed by atoms with Gasteiger partial charge in [0, 0.05) is 23.3 Å². The normalized spacial score (nSPS) is 16.3. The van der Waals surface area contributed by atoms with Gasteiger partial charge >= 0.3 is 0 Å². The van der Waals surface area contributed by atoms with Crippen molar-refractivity contribution < 1.29 is 0 Å². The minimum Gasteiger partial charge on any atom is -0.348 e. The number of nitrogens with zero attached hydrogens (tertiary/aromatic N) is 2. The highest BCUT2D eigenvalue weighted by Crippen LogP contribution is 2.30. The second-order valence-corrected chi connectivity index (χ2v) is 5.57. The molecular weight excluding hydrogens is 272 g/mol. The van der Waals surface area contributed by atoms with Crippen LogP contribution in [-0.2, 0) is 11.8 Å². The van der Waals surface area contributed by atoms with Crippen LogP contribution in [0.1, 0.15) is 36.8 Å². The second-order valence-electron chi connectivity index (χ2n) is 3.94. The maximum atomic E-state index is 4.77. The Bertz CT molecular complexity index is 318. The summed E-state index contributed by atoms with van der Waals surface area (Å²) in [7, 11) is 0. The van der Waals surface area contributed by atoms with Crippen LogP contribution in [-0.4, -0.2) is 18.1 Å². The topological polar surface area (TPSA) is 16.1 Å². The number of thiazole rings is 1. The Morgan fingerprint density at radius 2 is 2.13 bits per heavy atom. The second kappa shape index (κ2) is 5.30. The fourth-order valence-electron chi connectivity index (χ4n) is 1.95. The quantitative estimate of drug-likeness (QED) is 0.787. The summed E-state index contributed by atoms with van der Waals surface area (Å²) >= 11 is 5.42. The van der Waals surface area contributed by atoms with E-state index in [4.69, 9.17) is 4.98 Å². The smallest absolute Gasteiger partial charge is 0.185 e. The SMILES string of the molecule is CCCc1nc(N2CCCC2)sc1CBr. The van der Waals surface area contributed by atoms with Crippen LogP contribution in [0.5, 0.6) is 0 Å². The molecule has 1 aliphatic heterocycles. The first kappa shape index (κ1) is 11.4. The predicted octanol–water partition coefficient (Wildman–Crippen LogP) is 3.59. The Balaban J connectivity index is 2.17.